The molecule has 18 heavy (non-hydrogen) atoms. The maximum Gasteiger partial charge on any atom is 0.346 e. The van der Waals surface area contributed by atoms with Crippen LogP contribution in [0.25, 0.3) is 0 Å². The van der Waals surface area contributed by atoms with E-state index in [0.717, 1.165) is 15.7 Å². The van der Waals surface area contributed by atoms with Crippen LogP contribution in [0.4, 0.5) is 5.82 Å². The summed E-state index contributed by atoms with van der Waals surface area (Å²) in [6.45, 7) is 2.14. The summed E-state index contributed by atoms with van der Waals surface area (Å²) in [6.07, 6.45) is 0.730. The predicted octanol–water partition coefficient (Wildman–Crippen LogP) is -1.74. The van der Waals surface area contributed by atoms with Gasteiger partial charge < -0.3 is 15.8 Å². The van der Waals surface area contributed by atoms with E-state index in [-0.39, 0.29) is 5.82 Å². The van der Waals surface area contributed by atoms with E-state index < -0.39 is 11.2 Å². The Bertz CT molecular complexity index is 493. The molecule has 0 fully saturated rings. The molecule has 0 bridgehead atoms. The van der Waals surface area contributed by atoms with Gasteiger partial charge in [-0.3, -0.25) is 9.36 Å². The van der Waals surface area contributed by atoms with Gasteiger partial charge in [0, 0.05) is 33.8 Å². The van der Waals surface area contributed by atoms with E-state index >= 15 is 0 Å². The molecule has 0 radical (unpaired) electrons. The molecule has 0 spiro atoms. The SMILES string of the molecule is Cn1nc(NCCCOCCN)c(=O)n(C)c1=O. The van der Waals surface area contributed by atoms with Gasteiger partial charge in [-0.15, -0.1) is 5.10 Å². The number of anilines is 1. The van der Waals surface area contributed by atoms with Crippen LogP contribution in [0.1, 0.15) is 6.42 Å². The Morgan fingerprint density at radius 1 is 1.33 bits per heavy atom. The summed E-state index contributed by atoms with van der Waals surface area (Å²) >= 11 is 0. The van der Waals surface area contributed by atoms with Gasteiger partial charge in [-0.05, 0) is 6.42 Å². The van der Waals surface area contributed by atoms with Crippen LogP contribution < -0.4 is 22.3 Å². The van der Waals surface area contributed by atoms with Crippen molar-refractivity contribution in [2.75, 3.05) is 31.6 Å². The highest BCUT2D eigenvalue weighted by Gasteiger charge is 2.07. The fourth-order valence-corrected chi connectivity index (χ4v) is 1.38. The molecule has 102 valence electrons. The van der Waals surface area contributed by atoms with Gasteiger partial charge in [0.1, 0.15) is 0 Å². The lowest BCUT2D eigenvalue weighted by molar-refractivity contribution is 0.141. The minimum Gasteiger partial charge on any atom is -0.380 e. The summed E-state index contributed by atoms with van der Waals surface area (Å²) in [7, 11) is 2.92. The normalized spacial score (nSPS) is 10.6. The molecule has 8 nitrogen and oxygen atoms in total. The third kappa shape index (κ3) is 3.67. The molecule has 1 aromatic rings. The molecule has 0 aromatic carbocycles. The topological polar surface area (TPSA) is 104 Å². The number of rotatable bonds is 7. The van der Waals surface area contributed by atoms with Crippen molar-refractivity contribution in [3.8, 4) is 0 Å². The predicted molar refractivity (Wildman–Crippen MR) is 67.7 cm³/mol. The number of nitrogens with two attached hydrogens (primary N) is 1. The minimum atomic E-state index is -0.447. The average Bonchev–Trinajstić information content (AvgIpc) is 2.37. The summed E-state index contributed by atoms with van der Waals surface area (Å²) in [5.41, 5.74) is 4.40. The molecule has 1 aromatic heterocycles. The molecule has 0 aliphatic carbocycles. The molecule has 3 N–H and O–H groups in total. The lowest BCUT2D eigenvalue weighted by Crippen LogP contribution is -2.40. The Morgan fingerprint density at radius 2 is 2.06 bits per heavy atom. The molecule has 0 aliphatic rings. The third-order valence-electron chi connectivity index (χ3n) is 2.34. The van der Waals surface area contributed by atoms with Crippen molar-refractivity contribution in [3.05, 3.63) is 20.8 Å². The van der Waals surface area contributed by atoms with E-state index in [0.29, 0.717) is 26.3 Å². The van der Waals surface area contributed by atoms with Crippen molar-refractivity contribution in [3.63, 3.8) is 0 Å². The van der Waals surface area contributed by atoms with Crippen molar-refractivity contribution in [2.45, 2.75) is 6.42 Å². The van der Waals surface area contributed by atoms with Crippen LogP contribution in [0.2, 0.25) is 0 Å². The first-order valence-corrected chi connectivity index (χ1v) is 5.74. The number of nitrogens with zero attached hydrogens (tertiary/aromatic N) is 3. The lowest BCUT2D eigenvalue weighted by Gasteiger charge is -2.08. The molecular weight excluding hydrogens is 238 g/mol. The Labute approximate surface area is 104 Å². The zero-order valence-electron chi connectivity index (χ0n) is 10.7. The monoisotopic (exact) mass is 257 g/mol. The minimum absolute atomic E-state index is 0.165. The van der Waals surface area contributed by atoms with Gasteiger partial charge >= 0.3 is 5.69 Å². The van der Waals surface area contributed by atoms with Crippen LogP contribution in [0.15, 0.2) is 9.59 Å². The molecular formula is C10H19N5O3. The summed E-state index contributed by atoms with van der Waals surface area (Å²) in [5.74, 6) is 0.165. The quantitative estimate of drug-likeness (QED) is 0.562. The van der Waals surface area contributed by atoms with E-state index in [1.807, 2.05) is 0 Å². The number of hydrogen-bond donors (Lipinski definition) is 2. The van der Waals surface area contributed by atoms with E-state index in [4.69, 9.17) is 10.5 Å². The number of aromatic nitrogens is 3. The van der Waals surface area contributed by atoms with Gasteiger partial charge in [-0.1, -0.05) is 0 Å². The number of nitrogens with one attached hydrogen (secondary N) is 1. The molecule has 8 heteroatoms. The average molecular weight is 257 g/mol. The van der Waals surface area contributed by atoms with E-state index in [1.54, 1.807) is 0 Å². The highest BCUT2D eigenvalue weighted by Crippen LogP contribution is 1.90. The molecule has 0 unspecified atom stereocenters. The Morgan fingerprint density at radius 3 is 2.72 bits per heavy atom. The van der Waals surface area contributed by atoms with Crippen molar-refractivity contribution in [2.24, 2.45) is 19.8 Å². The fourth-order valence-electron chi connectivity index (χ4n) is 1.38. The van der Waals surface area contributed by atoms with Gasteiger partial charge in [0.05, 0.1) is 6.61 Å². The zero-order valence-corrected chi connectivity index (χ0v) is 10.7. The lowest BCUT2D eigenvalue weighted by atomic mass is 10.4. The van der Waals surface area contributed by atoms with Crippen molar-refractivity contribution < 1.29 is 4.74 Å². The van der Waals surface area contributed by atoms with Crippen molar-refractivity contribution in [1.29, 1.82) is 0 Å². The highest BCUT2D eigenvalue weighted by molar-refractivity contribution is 5.29. The van der Waals surface area contributed by atoms with Crippen molar-refractivity contribution in [1.82, 2.24) is 14.3 Å². The molecule has 1 heterocycles. The van der Waals surface area contributed by atoms with E-state index in [1.165, 1.54) is 14.1 Å². The fraction of sp³-hybridized carbons (Fsp3) is 0.700. The second-order valence-electron chi connectivity index (χ2n) is 3.80. The largest absolute Gasteiger partial charge is 0.380 e. The van der Waals surface area contributed by atoms with Gasteiger partial charge in [-0.2, -0.15) is 0 Å². The summed E-state index contributed by atoms with van der Waals surface area (Å²) < 4.78 is 7.33. The third-order valence-corrected chi connectivity index (χ3v) is 2.34. The van der Waals surface area contributed by atoms with Crippen LogP contribution in [0, 0.1) is 0 Å². The van der Waals surface area contributed by atoms with Crippen LogP contribution in [0.5, 0.6) is 0 Å². The molecule has 0 amide bonds. The second-order valence-corrected chi connectivity index (χ2v) is 3.80. The number of aryl methyl sites for hydroxylation is 1. The Balaban J connectivity index is 2.53. The summed E-state index contributed by atoms with van der Waals surface area (Å²) in [6, 6.07) is 0. The zero-order chi connectivity index (χ0) is 13.5. The molecule has 0 atom stereocenters. The maximum atomic E-state index is 11.7. The number of hydrogen-bond acceptors (Lipinski definition) is 6. The first-order chi connectivity index (χ1) is 8.57. The number of ether oxygens (including phenoxy) is 1. The Hall–Kier alpha value is -1.67. The van der Waals surface area contributed by atoms with Gasteiger partial charge in [0.25, 0.3) is 5.56 Å². The van der Waals surface area contributed by atoms with Crippen LogP contribution in [-0.2, 0) is 18.8 Å². The summed E-state index contributed by atoms with van der Waals surface area (Å²) in [5, 5.41) is 6.75. The molecule has 0 aliphatic heterocycles. The van der Waals surface area contributed by atoms with Crippen molar-refractivity contribution >= 4 is 5.82 Å². The van der Waals surface area contributed by atoms with Crippen LogP contribution >= 0.6 is 0 Å². The van der Waals surface area contributed by atoms with E-state index in [2.05, 4.69) is 10.4 Å². The standard InChI is InChI=1S/C10H19N5O3/c1-14-9(16)8(13-15(2)10(14)17)12-5-3-6-18-7-4-11/h3-7,11H2,1-2H3,(H,12,13). The van der Waals surface area contributed by atoms with Gasteiger partial charge in [0.2, 0.25) is 5.82 Å². The highest BCUT2D eigenvalue weighted by atomic mass is 16.5. The summed E-state index contributed by atoms with van der Waals surface area (Å²) in [4.78, 5) is 23.1. The van der Waals surface area contributed by atoms with Gasteiger partial charge in [0.15, 0.2) is 0 Å². The molecule has 0 saturated heterocycles. The van der Waals surface area contributed by atoms with Crippen LogP contribution in [0.3, 0.4) is 0 Å². The second kappa shape index (κ2) is 6.92. The van der Waals surface area contributed by atoms with Gasteiger partial charge in [-0.25, -0.2) is 9.48 Å². The first-order valence-electron chi connectivity index (χ1n) is 5.74. The molecule has 0 saturated carbocycles. The molecule has 1 rings (SSSR count). The maximum absolute atomic E-state index is 11.7. The smallest absolute Gasteiger partial charge is 0.346 e. The van der Waals surface area contributed by atoms with E-state index in [9.17, 15) is 9.59 Å². The van der Waals surface area contributed by atoms with Crippen LogP contribution in [-0.4, -0.2) is 40.7 Å². The first kappa shape index (κ1) is 14.4. The Kier molecular flexibility index (Phi) is 5.53.